The first-order valence-electron chi connectivity index (χ1n) is 13.0. The Kier molecular flexibility index (Phi) is 4.01. The van der Waals surface area contributed by atoms with E-state index in [-0.39, 0.29) is 35.7 Å². The molecule has 0 radical (unpaired) electrons. The number of nitrogens with one attached hydrogen (secondary N) is 2. The molecule has 2 fully saturated rings. The highest BCUT2D eigenvalue weighted by Crippen LogP contribution is 2.32. The molecule has 3 aromatic rings. The molecular weight excluding hydrogens is 425 g/mol. The Morgan fingerprint density at radius 2 is 1.97 bits per heavy atom. The number of halogens is 3. The van der Waals surface area contributed by atoms with Gasteiger partial charge in [0.15, 0.2) is 17.3 Å². The summed E-state index contributed by atoms with van der Waals surface area (Å²) in [6.07, 6.45) is -9.10. The molecule has 1 saturated carbocycles. The van der Waals surface area contributed by atoms with Crippen molar-refractivity contribution in [2.45, 2.75) is 50.1 Å². The fourth-order valence-electron chi connectivity index (χ4n) is 3.60. The Bertz CT molecular complexity index is 1350. The van der Waals surface area contributed by atoms with Crippen LogP contribution in [0.2, 0.25) is 0 Å². The largest absolute Gasteiger partial charge is 0.393 e. The molecule has 3 N–H and O–H groups in total. The number of aromatic nitrogens is 4. The lowest BCUT2D eigenvalue weighted by atomic mass is 9.93. The summed E-state index contributed by atoms with van der Waals surface area (Å²) in [4.78, 5) is 12.8. The van der Waals surface area contributed by atoms with E-state index in [9.17, 15) is 18.3 Å². The highest BCUT2D eigenvalue weighted by Gasteiger charge is 2.27. The fourth-order valence-corrected chi connectivity index (χ4v) is 3.60. The number of rotatable bonds is 5. The third kappa shape index (κ3) is 4.09. The van der Waals surface area contributed by atoms with Gasteiger partial charge in [0, 0.05) is 33.0 Å². The second kappa shape index (κ2) is 8.55. The molecule has 5 rings (SSSR count). The molecule has 1 aliphatic carbocycles. The van der Waals surface area contributed by atoms with Gasteiger partial charge in [0.2, 0.25) is 11.9 Å². The lowest BCUT2D eigenvalue weighted by Crippen LogP contribution is -2.29. The van der Waals surface area contributed by atoms with Gasteiger partial charge in [0.05, 0.1) is 24.9 Å². The molecule has 2 aromatic heterocycles. The van der Waals surface area contributed by atoms with Crippen molar-refractivity contribution >= 4 is 28.7 Å². The van der Waals surface area contributed by atoms with Crippen LogP contribution in [0.5, 0.6) is 0 Å². The van der Waals surface area contributed by atoms with Crippen LogP contribution in [-0.4, -0.2) is 50.0 Å². The first kappa shape index (κ1) is 15.0. The molecule has 5 unspecified atom stereocenters. The van der Waals surface area contributed by atoms with Gasteiger partial charge in [0.25, 0.3) is 0 Å². The zero-order chi connectivity index (χ0) is 27.6. The number of benzene rings is 1. The van der Waals surface area contributed by atoms with Gasteiger partial charge in [-0.15, -0.1) is 0 Å². The zero-order valence-corrected chi connectivity index (χ0v) is 16.5. The lowest BCUT2D eigenvalue weighted by molar-refractivity contribution is 0.126. The Hall–Kier alpha value is -2.92. The highest BCUT2D eigenvalue weighted by atomic mass is 19.1. The van der Waals surface area contributed by atoms with E-state index < -0.39 is 60.8 Å². The lowest BCUT2D eigenvalue weighted by Gasteiger charge is -2.26. The van der Waals surface area contributed by atoms with Crippen LogP contribution in [0.1, 0.15) is 46.2 Å². The highest BCUT2D eigenvalue weighted by molar-refractivity contribution is 5.76. The molecule has 0 spiro atoms. The van der Waals surface area contributed by atoms with Crippen molar-refractivity contribution in [3.8, 4) is 0 Å². The van der Waals surface area contributed by atoms with E-state index >= 15 is 0 Å². The van der Waals surface area contributed by atoms with Crippen LogP contribution in [0, 0.1) is 17.5 Å². The number of hydrogen-bond donors (Lipinski definition) is 3. The van der Waals surface area contributed by atoms with Gasteiger partial charge in [-0.25, -0.2) is 23.1 Å². The topological polar surface area (TPSA) is 97.1 Å². The van der Waals surface area contributed by atoms with Crippen molar-refractivity contribution in [2.24, 2.45) is 0 Å². The quantitative estimate of drug-likeness (QED) is 0.541. The molecule has 0 amide bonds. The number of imidazole rings is 1. The zero-order valence-electron chi connectivity index (χ0n) is 22.5. The van der Waals surface area contributed by atoms with E-state index in [1.54, 1.807) is 0 Å². The molecule has 11 heteroatoms. The minimum absolute atomic E-state index is 0.0385. The van der Waals surface area contributed by atoms with Gasteiger partial charge < -0.3 is 20.5 Å². The van der Waals surface area contributed by atoms with Crippen LogP contribution in [0.25, 0.3) is 11.2 Å². The van der Waals surface area contributed by atoms with Gasteiger partial charge in [-0.1, -0.05) is 0 Å². The van der Waals surface area contributed by atoms with Gasteiger partial charge in [-0.05, 0) is 32.0 Å². The molecule has 1 aliphatic heterocycles. The molecule has 2 aliphatic rings. The molecule has 8 nitrogen and oxygen atoms in total. The van der Waals surface area contributed by atoms with Crippen LogP contribution in [0.15, 0.2) is 18.3 Å². The van der Waals surface area contributed by atoms with Gasteiger partial charge in [0.1, 0.15) is 17.0 Å². The second-order valence-corrected chi connectivity index (χ2v) is 7.33. The Morgan fingerprint density at radius 3 is 2.72 bits per heavy atom. The first-order valence-corrected chi connectivity index (χ1v) is 9.85. The Labute approximate surface area is 190 Å². The second-order valence-electron chi connectivity index (χ2n) is 7.33. The monoisotopic (exact) mass is 454 g/mol. The SMILES string of the molecule is [2H]C1C(Nc2ncc3nc(Nc4c(F)cc(F)cc4F)n(C4CCOC4)c3n2)C([2H])([2H])C([2H])C(O)C1([2H])[2H]. The number of nitrogens with zero attached hydrogens (tertiary/aromatic N) is 4. The molecule has 170 valence electrons. The summed E-state index contributed by atoms with van der Waals surface area (Å²) in [7, 11) is 0. The molecule has 32 heavy (non-hydrogen) atoms. The predicted molar refractivity (Wildman–Crippen MR) is 111 cm³/mol. The summed E-state index contributed by atoms with van der Waals surface area (Å²) in [6.45, 7) is 0.615. The number of ether oxygens (including phenoxy) is 1. The number of anilines is 3. The summed E-state index contributed by atoms with van der Waals surface area (Å²) in [5, 5.41) is 15.2. The van der Waals surface area contributed by atoms with Crippen LogP contribution in [0.4, 0.5) is 30.8 Å². The van der Waals surface area contributed by atoms with Crippen LogP contribution in [-0.2, 0) is 4.74 Å². The maximum absolute atomic E-state index is 14.4. The van der Waals surface area contributed by atoms with Crippen LogP contribution in [0.3, 0.4) is 0 Å². The number of aliphatic hydroxyl groups excluding tert-OH is 1. The fraction of sp³-hybridized carbons (Fsp3) is 0.476. The molecule has 5 atom stereocenters. The minimum Gasteiger partial charge on any atom is -0.393 e. The van der Waals surface area contributed by atoms with Gasteiger partial charge >= 0.3 is 0 Å². The van der Waals surface area contributed by atoms with Crippen molar-refractivity contribution in [3.05, 3.63) is 35.8 Å². The van der Waals surface area contributed by atoms with Crippen molar-refractivity contribution in [1.82, 2.24) is 19.5 Å². The van der Waals surface area contributed by atoms with E-state index in [1.165, 1.54) is 10.8 Å². The van der Waals surface area contributed by atoms with Crippen molar-refractivity contribution in [2.75, 3.05) is 23.8 Å². The first-order chi connectivity index (χ1) is 17.8. The molecule has 1 saturated heterocycles. The van der Waals surface area contributed by atoms with E-state index in [0.717, 1.165) is 0 Å². The smallest absolute Gasteiger partial charge is 0.224 e. The summed E-state index contributed by atoms with van der Waals surface area (Å²) < 4.78 is 97.9. The number of hydrogen-bond acceptors (Lipinski definition) is 7. The molecule has 0 bridgehead atoms. The molecule has 3 heterocycles. The Balaban J connectivity index is 1.55. The summed E-state index contributed by atoms with van der Waals surface area (Å²) in [5.74, 6) is -3.71. The molecular formula is C21H23F3N6O2. The van der Waals surface area contributed by atoms with E-state index in [4.69, 9.17) is 13.0 Å². The normalized spacial score (nSPS) is 34.1. The number of fused-ring (bicyclic) bond motifs is 1. The average Bonchev–Trinajstić information content (AvgIpc) is 3.49. The van der Waals surface area contributed by atoms with Crippen molar-refractivity contribution in [3.63, 3.8) is 0 Å². The average molecular weight is 454 g/mol. The van der Waals surface area contributed by atoms with Crippen molar-refractivity contribution in [1.29, 1.82) is 0 Å². The third-order valence-electron chi connectivity index (χ3n) is 5.10. The Morgan fingerprint density at radius 1 is 1.16 bits per heavy atom. The van der Waals surface area contributed by atoms with Crippen LogP contribution < -0.4 is 10.6 Å². The molecule has 1 aromatic carbocycles. The third-order valence-corrected chi connectivity index (χ3v) is 5.10. The summed E-state index contributed by atoms with van der Waals surface area (Å²) in [6, 6.07) is -0.941. The van der Waals surface area contributed by atoms with Gasteiger partial charge in [-0.2, -0.15) is 4.98 Å². The van der Waals surface area contributed by atoms with Gasteiger partial charge in [-0.3, -0.25) is 4.57 Å². The van der Waals surface area contributed by atoms with E-state index in [2.05, 4.69) is 25.6 Å². The minimum atomic E-state index is -2.59. The summed E-state index contributed by atoms with van der Waals surface area (Å²) >= 11 is 0. The van der Waals surface area contributed by atoms with Crippen LogP contribution >= 0.6 is 0 Å². The van der Waals surface area contributed by atoms with E-state index in [1.807, 2.05) is 0 Å². The maximum Gasteiger partial charge on any atom is 0.224 e. The van der Waals surface area contributed by atoms with E-state index in [0.29, 0.717) is 25.2 Å². The predicted octanol–water partition coefficient (Wildman–Crippen LogP) is 3.66. The number of aliphatic hydroxyl groups is 1. The maximum atomic E-state index is 14.4. The van der Waals surface area contributed by atoms with Crippen molar-refractivity contribution < 1.29 is 31.2 Å². The summed E-state index contributed by atoms with van der Waals surface area (Å²) in [5.41, 5.74) is -0.291. The standard InChI is InChI=1S/C21H23F3N6O2/c22-11-7-15(23)18(16(24)8-11)28-21-27-17-9-25-20(26-12-1-3-14(31)4-2-12)29-19(17)30(21)13-5-6-32-10-13/h7-9,12-14,31H,1-6,10H2,(H,27,28)(H,25,26,29)/i1D,2D2,3D2,4D.